The summed E-state index contributed by atoms with van der Waals surface area (Å²) in [7, 11) is 0. The highest BCUT2D eigenvalue weighted by atomic mass is 14.9. The van der Waals surface area contributed by atoms with Gasteiger partial charge in [-0.3, -0.25) is 0 Å². The molecule has 0 bridgehead atoms. The quantitative estimate of drug-likeness (QED) is 0.561. The van der Waals surface area contributed by atoms with Gasteiger partial charge in [0, 0.05) is 0 Å². The standard InChI is InChI=1S/C7H6N2/c1-2-4-7-6(3-1)8-5-9-7/h1-5H,(H,8,9)/i3D,5D. The molecular formula is C7H6N2. The normalized spacial score (nSPS) is 13.3. The maximum atomic E-state index is 7.42. The van der Waals surface area contributed by atoms with E-state index in [9.17, 15) is 0 Å². The summed E-state index contributed by atoms with van der Waals surface area (Å²) < 4.78 is 14.6. The Hall–Kier alpha value is -1.31. The molecule has 0 spiro atoms. The molecule has 0 radical (unpaired) electrons. The molecule has 1 N–H and O–H groups in total. The van der Waals surface area contributed by atoms with Crippen molar-refractivity contribution >= 4 is 11.0 Å². The summed E-state index contributed by atoms with van der Waals surface area (Å²) in [6.07, 6.45) is 0.111. The van der Waals surface area contributed by atoms with Crippen molar-refractivity contribution in [2.24, 2.45) is 0 Å². The van der Waals surface area contributed by atoms with Crippen LogP contribution in [-0.2, 0) is 0 Å². The highest BCUT2D eigenvalue weighted by Gasteiger charge is 1.88. The van der Waals surface area contributed by atoms with Crippen LogP contribution in [0.4, 0.5) is 0 Å². The largest absolute Gasteiger partial charge is 0.345 e. The first kappa shape index (κ1) is 3.01. The predicted octanol–water partition coefficient (Wildman–Crippen LogP) is 1.56. The number of aromatic nitrogens is 2. The highest BCUT2D eigenvalue weighted by molar-refractivity contribution is 5.73. The molecule has 1 heterocycles. The number of rotatable bonds is 0. The summed E-state index contributed by atoms with van der Waals surface area (Å²) in [4.78, 5) is 6.56. The highest BCUT2D eigenvalue weighted by Crippen LogP contribution is 2.05. The Morgan fingerprint density at radius 2 is 2.56 bits per heavy atom. The molecule has 44 valence electrons. The third kappa shape index (κ3) is 0.598. The molecule has 0 saturated heterocycles. The van der Waals surface area contributed by atoms with Crippen molar-refractivity contribution in [2.75, 3.05) is 0 Å². The average molecular weight is 120 g/mol. The van der Waals surface area contributed by atoms with Crippen molar-refractivity contribution in [2.45, 2.75) is 0 Å². The Morgan fingerprint density at radius 1 is 1.56 bits per heavy atom. The number of fused-ring (bicyclic) bond motifs is 1. The molecule has 0 unspecified atom stereocenters. The number of H-pyrrole nitrogens is 1. The van der Waals surface area contributed by atoms with E-state index in [4.69, 9.17) is 2.74 Å². The van der Waals surface area contributed by atoms with Gasteiger partial charge in [-0.15, -0.1) is 0 Å². The molecule has 0 saturated carbocycles. The second-order valence-electron chi connectivity index (χ2n) is 1.78. The van der Waals surface area contributed by atoms with Crippen LogP contribution in [0.3, 0.4) is 0 Å². The topological polar surface area (TPSA) is 28.7 Å². The number of nitrogens with one attached hydrogen (secondary N) is 1. The Labute approximate surface area is 55.4 Å². The van der Waals surface area contributed by atoms with Crippen LogP contribution >= 0.6 is 0 Å². The third-order valence-electron chi connectivity index (χ3n) is 1.19. The fourth-order valence-corrected chi connectivity index (χ4v) is 0.765. The fourth-order valence-electron chi connectivity index (χ4n) is 0.765. The van der Waals surface area contributed by atoms with Crippen LogP contribution in [0, 0.1) is 0 Å². The van der Waals surface area contributed by atoms with Gasteiger partial charge in [0.2, 0.25) is 0 Å². The van der Waals surface area contributed by atoms with E-state index >= 15 is 0 Å². The summed E-state index contributed by atoms with van der Waals surface area (Å²) in [6.45, 7) is 0. The summed E-state index contributed by atoms with van der Waals surface area (Å²) in [5, 5.41) is 0. The van der Waals surface area contributed by atoms with E-state index in [1.165, 1.54) is 0 Å². The molecule has 0 amide bonds. The van der Waals surface area contributed by atoms with Crippen molar-refractivity contribution in [1.82, 2.24) is 9.97 Å². The molecule has 0 aliphatic carbocycles. The van der Waals surface area contributed by atoms with Crippen LogP contribution in [-0.4, -0.2) is 9.97 Å². The summed E-state index contributed by atoms with van der Waals surface area (Å²) in [5.74, 6) is 0. The van der Waals surface area contributed by atoms with Gasteiger partial charge < -0.3 is 4.98 Å². The van der Waals surface area contributed by atoms with Gasteiger partial charge in [0.1, 0.15) is 1.37 Å². The van der Waals surface area contributed by atoms with Gasteiger partial charge in [-0.05, 0) is 12.1 Å². The van der Waals surface area contributed by atoms with Crippen LogP contribution in [0.1, 0.15) is 2.74 Å². The smallest absolute Gasteiger partial charge is 0.104 e. The zero-order valence-corrected chi connectivity index (χ0v) is 4.68. The molecule has 0 aliphatic rings. The van der Waals surface area contributed by atoms with Gasteiger partial charge in [-0.2, -0.15) is 0 Å². The first-order valence-corrected chi connectivity index (χ1v) is 2.69. The van der Waals surface area contributed by atoms with Gasteiger partial charge in [-0.25, -0.2) is 4.98 Å². The van der Waals surface area contributed by atoms with Crippen molar-refractivity contribution in [3.8, 4) is 0 Å². The van der Waals surface area contributed by atoms with Crippen molar-refractivity contribution in [3.63, 3.8) is 0 Å². The van der Waals surface area contributed by atoms with E-state index < -0.39 is 0 Å². The van der Waals surface area contributed by atoms with E-state index in [0.717, 1.165) is 0 Å². The summed E-state index contributed by atoms with van der Waals surface area (Å²) in [5.41, 5.74) is 1.32. The molecule has 2 rings (SSSR count). The molecule has 0 aliphatic heterocycles. The molecule has 0 atom stereocenters. The summed E-state index contributed by atoms with van der Waals surface area (Å²) >= 11 is 0. The lowest BCUT2D eigenvalue weighted by Gasteiger charge is -1.81. The molecule has 2 nitrogen and oxygen atoms in total. The van der Waals surface area contributed by atoms with Crippen molar-refractivity contribution in [3.05, 3.63) is 30.5 Å². The number of imidazole rings is 1. The predicted molar refractivity (Wildman–Crippen MR) is 36.1 cm³/mol. The maximum Gasteiger partial charge on any atom is 0.104 e. The van der Waals surface area contributed by atoms with E-state index in [1.807, 2.05) is 0 Å². The number of para-hydroxylation sites is 2. The Morgan fingerprint density at radius 3 is 3.44 bits per heavy atom. The number of aromatic amines is 1. The van der Waals surface area contributed by atoms with E-state index in [0.29, 0.717) is 17.1 Å². The average Bonchev–Trinajstić information content (AvgIpc) is 2.31. The Bertz CT molecular complexity index is 394. The second kappa shape index (κ2) is 1.58. The maximum absolute atomic E-state index is 7.42. The van der Waals surface area contributed by atoms with Gasteiger partial charge in [0.25, 0.3) is 0 Å². The Balaban J connectivity index is 2.90. The molecule has 0 fully saturated rings. The first-order valence-electron chi connectivity index (χ1n) is 3.69. The van der Waals surface area contributed by atoms with Crippen molar-refractivity contribution < 1.29 is 2.74 Å². The molecule has 9 heavy (non-hydrogen) atoms. The van der Waals surface area contributed by atoms with Gasteiger partial charge >= 0.3 is 0 Å². The lowest BCUT2D eigenvalue weighted by atomic mass is 10.3. The van der Waals surface area contributed by atoms with Crippen LogP contribution < -0.4 is 0 Å². The molecule has 1 aromatic carbocycles. The van der Waals surface area contributed by atoms with Crippen molar-refractivity contribution in [1.29, 1.82) is 0 Å². The van der Waals surface area contributed by atoms with Gasteiger partial charge in [0.05, 0.1) is 18.7 Å². The molecular weight excluding hydrogens is 112 g/mol. The lowest BCUT2D eigenvalue weighted by Crippen LogP contribution is -1.63. The molecule has 2 heteroatoms. The van der Waals surface area contributed by atoms with Gasteiger partial charge in [-0.1, -0.05) is 12.1 Å². The fraction of sp³-hybridized carbons (Fsp3) is 0. The first-order chi connectivity index (χ1) is 5.27. The SMILES string of the molecule is [2H]c1nc2cccc([2H])c2[nH]1. The minimum absolute atomic E-state index is 0.111. The molecule has 2 aromatic rings. The number of nitrogens with zero attached hydrogens (tertiary/aromatic N) is 1. The number of hydrogen-bond acceptors (Lipinski definition) is 1. The van der Waals surface area contributed by atoms with Crippen LogP contribution in [0.25, 0.3) is 11.0 Å². The zero-order chi connectivity index (χ0) is 7.84. The zero-order valence-electron chi connectivity index (χ0n) is 6.68. The van der Waals surface area contributed by atoms with E-state index in [1.54, 1.807) is 18.2 Å². The summed E-state index contributed by atoms with van der Waals surface area (Å²) in [6, 6.07) is 5.58. The minimum Gasteiger partial charge on any atom is -0.345 e. The minimum atomic E-state index is 0.111. The molecule has 1 aromatic heterocycles. The van der Waals surface area contributed by atoms with Crippen LogP contribution in [0.2, 0.25) is 0 Å². The number of hydrogen-bond donors (Lipinski definition) is 1. The third-order valence-corrected chi connectivity index (χ3v) is 1.19. The second-order valence-corrected chi connectivity index (χ2v) is 1.78. The number of benzene rings is 1. The van der Waals surface area contributed by atoms with Crippen LogP contribution in [0.15, 0.2) is 30.5 Å². The Kier molecular flexibility index (Phi) is 0.530. The van der Waals surface area contributed by atoms with Gasteiger partial charge in [0.15, 0.2) is 0 Å². The van der Waals surface area contributed by atoms with Crippen LogP contribution in [0.5, 0.6) is 0 Å². The lowest BCUT2D eigenvalue weighted by molar-refractivity contribution is 1.34. The van der Waals surface area contributed by atoms with E-state index in [2.05, 4.69) is 9.97 Å². The van der Waals surface area contributed by atoms with E-state index in [-0.39, 0.29) is 6.30 Å². The monoisotopic (exact) mass is 120 g/mol.